The summed E-state index contributed by atoms with van der Waals surface area (Å²) in [6.07, 6.45) is 4.14. The van der Waals surface area contributed by atoms with Crippen molar-refractivity contribution in [1.29, 1.82) is 0 Å². The lowest BCUT2D eigenvalue weighted by molar-refractivity contribution is 0.1000. The van der Waals surface area contributed by atoms with E-state index in [2.05, 4.69) is 4.98 Å². The van der Waals surface area contributed by atoms with Gasteiger partial charge in [0.15, 0.2) is 0 Å². The third-order valence-corrected chi connectivity index (χ3v) is 3.71. The number of pyridine rings is 1. The number of nitrogens with two attached hydrogens (primary N) is 2. The van der Waals surface area contributed by atoms with Crippen molar-refractivity contribution in [2.75, 3.05) is 18.0 Å². The Labute approximate surface area is 99.8 Å². The number of hydrogen-bond donors (Lipinski definition) is 2. The molecule has 3 rings (SSSR count). The Bertz CT molecular complexity index is 463. The second kappa shape index (κ2) is 3.43. The summed E-state index contributed by atoms with van der Waals surface area (Å²) in [5.74, 6) is 0.884. The molecular weight excluding hydrogens is 216 g/mol. The predicted molar refractivity (Wildman–Crippen MR) is 64.6 cm³/mol. The first-order chi connectivity index (χ1) is 8.10. The molecule has 0 spiro atoms. The summed E-state index contributed by atoms with van der Waals surface area (Å²) >= 11 is 0. The Morgan fingerprint density at radius 1 is 1.47 bits per heavy atom. The molecule has 1 saturated carbocycles. The molecule has 1 aliphatic heterocycles. The highest BCUT2D eigenvalue weighted by Crippen LogP contribution is 2.44. The maximum atomic E-state index is 11.3. The fourth-order valence-electron chi connectivity index (χ4n) is 2.57. The number of carbonyl (C=O) groups excluding carboxylic acids is 1. The zero-order chi connectivity index (χ0) is 12.0. The van der Waals surface area contributed by atoms with Crippen LogP contribution in [-0.4, -0.2) is 29.5 Å². The van der Waals surface area contributed by atoms with E-state index in [-0.39, 0.29) is 5.54 Å². The number of rotatable bonds is 3. The molecule has 2 heterocycles. The quantitative estimate of drug-likeness (QED) is 0.774. The zero-order valence-corrected chi connectivity index (χ0v) is 9.60. The highest BCUT2D eigenvalue weighted by atomic mass is 16.1. The summed E-state index contributed by atoms with van der Waals surface area (Å²) in [6, 6.07) is 3.43. The van der Waals surface area contributed by atoms with Crippen LogP contribution in [0.15, 0.2) is 18.3 Å². The standard InChI is InChI=1S/C12H16N4O/c13-10(17)9-2-1-5-15-11(9)16-6-12(14,7-16)8-3-4-8/h1-2,5,8H,3-4,6-7,14H2,(H2,13,17). The van der Waals surface area contributed by atoms with Gasteiger partial charge in [-0.3, -0.25) is 4.79 Å². The lowest BCUT2D eigenvalue weighted by atomic mass is 9.85. The van der Waals surface area contributed by atoms with Crippen molar-refractivity contribution < 1.29 is 4.79 Å². The second-order valence-electron chi connectivity index (χ2n) is 5.10. The maximum Gasteiger partial charge on any atom is 0.252 e. The molecule has 1 saturated heterocycles. The van der Waals surface area contributed by atoms with Crippen LogP contribution >= 0.6 is 0 Å². The molecule has 2 fully saturated rings. The molecule has 4 N–H and O–H groups in total. The molecular formula is C12H16N4O. The average molecular weight is 232 g/mol. The topological polar surface area (TPSA) is 85.2 Å². The van der Waals surface area contributed by atoms with Crippen LogP contribution in [0, 0.1) is 5.92 Å². The van der Waals surface area contributed by atoms with Gasteiger partial charge in [0.1, 0.15) is 5.82 Å². The fourth-order valence-corrected chi connectivity index (χ4v) is 2.57. The number of nitrogens with zero attached hydrogens (tertiary/aromatic N) is 2. The third kappa shape index (κ3) is 1.67. The van der Waals surface area contributed by atoms with Gasteiger partial charge in [0.05, 0.1) is 11.1 Å². The zero-order valence-electron chi connectivity index (χ0n) is 9.60. The van der Waals surface area contributed by atoms with Gasteiger partial charge >= 0.3 is 0 Å². The first-order valence-corrected chi connectivity index (χ1v) is 5.89. The number of hydrogen-bond acceptors (Lipinski definition) is 4. The minimum Gasteiger partial charge on any atom is -0.365 e. The van der Waals surface area contributed by atoms with Gasteiger partial charge in [-0.15, -0.1) is 0 Å². The lowest BCUT2D eigenvalue weighted by Gasteiger charge is -2.49. The molecule has 1 aromatic heterocycles. The molecule has 0 radical (unpaired) electrons. The molecule has 5 heteroatoms. The van der Waals surface area contributed by atoms with Crippen LogP contribution in [0.5, 0.6) is 0 Å². The van der Waals surface area contributed by atoms with Crippen molar-refractivity contribution in [1.82, 2.24) is 4.98 Å². The average Bonchev–Trinajstić information content (AvgIpc) is 3.08. The smallest absolute Gasteiger partial charge is 0.252 e. The van der Waals surface area contributed by atoms with E-state index in [0.29, 0.717) is 17.3 Å². The Morgan fingerprint density at radius 2 is 2.18 bits per heavy atom. The summed E-state index contributed by atoms with van der Waals surface area (Å²) in [4.78, 5) is 17.6. The van der Waals surface area contributed by atoms with Gasteiger partial charge in [0.2, 0.25) is 0 Å². The maximum absolute atomic E-state index is 11.3. The minimum atomic E-state index is -0.436. The van der Waals surface area contributed by atoms with E-state index in [4.69, 9.17) is 11.5 Å². The summed E-state index contributed by atoms with van der Waals surface area (Å²) < 4.78 is 0. The number of primary amides is 1. The Balaban J connectivity index is 1.80. The summed E-state index contributed by atoms with van der Waals surface area (Å²) in [5.41, 5.74) is 12.0. The molecule has 5 nitrogen and oxygen atoms in total. The predicted octanol–water partition coefficient (Wildman–Crippen LogP) is 0.108. The first-order valence-electron chi connectivity index (χ1n) is 5.89. The van der Waals surface area contributed by atoms with Crippen LogP contribution < -0.4 is 16.4 Å². The van der Waals surface area contributed by atoms with Gasteiger partial charge < -0.3 is 16.4 Å². The fraction of sp³-hybridized carbons (Fsp3) is 0.500. The van der Waals surface area contributed by atoms with Crippen molar-refractivity contribution in [3.63, 3.8) is 0 Å². The third-order valence-electron chi connectivity index (χ3n) is 3.71. The van der Waals surface area contributed by atoms with Gasteiger partial charge in [-0.25, -0.2) is 4.98 Å². The van der Waals surface area contributed by atoms with Crippen LogP contribution in [0.4, 0.5) is 5.82 Å². The second-order valence-corrected chi connectivity index (χ2v) is 5.10. The Hall–Kier alpha value is -1.62. The van der Waals surface area contributed by atoms with Crippen LogP contribution in [-0.2, 0) is 0 Å². The molecule has 0 aromatic carbocycles. The van der Waals surface area contributed by atoms with Gasteiger partial charge in [0, 0.05) is 19.3 Å². The molecule has 1 aliphatic carbocycles. The van der Waals surface area contributed by atoms with E-state index >= 15 is 0 Å². The molecule has 0 bridgehead atoms. The Morgan fingerprint density at radius 3 is 2.76 bits per heavy atom. The van der Waals surface area contributed by atoms with Crippen molar-refractivity contribution in [3.05, 3.63) is 23.9 Å². The number of amides is 1. The van der Waals surface area contributed by atoms with Crippen LogP contribution in [0.1, 0.15) is 23.2 Å². The monoisotopic (exact) mass is 232 g/mol. The van der Waals surface area contributed by atoms with Crippen molar-refractivity contribution >= 4 is 11.7 Å². The SMILES string of the molecule is NC(=O)c1cccnc1N1CC(N)(C2CC2)C1. The molecule has 0 unspecified atom stereocenters. The molecule has 2 aliphatic rings. The van der Waals surface area contributed by atoms with Crippen molar-refractivity contribution in [3.8, 4) is 0 Å². The molecule has 90 valence electrons. The molecule has 1 aromatic rings. The van der Waals surface area contributed by atoms with Crippen molar-refractivity contribution in [2.45, 2.75) is 18.4 Å². The number of anilines is 1. The largest absolute Gasteiger partial charge is 0.365 e. The van der Waals surface area contributed by atoms with E-state index in [0.717, 1.165) is 13.1 Å². The lowest BCUT2D eigenvalue weighted by Crippen LogP contribution is -2.69. The summed E-state index contributed by atoms with van der Waals surface area (Å²) in [7, 11) is 0. The van der Waals surface area contributed by atoms with E-state index < -0.39 is 5.91 Å². The van der Waals surface area contributed by atoms with Gasteiger partial charge in [0.25, 0.3) is 5.91 Å². The van der Waals surface area contributed by atoms with E-state index in [1.165, 1.54) is 12.8 Å². The molecule has 0 atom stereocenters. The molecule has 1 amide bonds. The van der Waals surface area contributed by atoms with E-state index in [1.807, 2.05) is 4.90 Å². The van der Waals surface area contributed by atoms with Crippen LogP contribution in [0.25, 0.3) is 0 Å². The number of aromatic nitrogens is 1. The van der Waals surface area contributed by atoms with E-state index in [9.17, 15) is 4.79 Å². The van der Waals surface area contributed by atoms with Gasteiger partial charge in [-0.1, -0.05) is 0 Å². The summed E-state index contributed by atoms with van der Waals surface area (Å²) in [6.45, 7) is 1.55. The highest BCUT2D eigenvalue weighted by molar-refractivity contribution is 5.97. The normalized spacial score (nSPS) is 22.1. The van der Waals surface area contributed by atoms with Crippen LogP contribution in [0.2, 0.25) is 0 Å². The molecule has 17 heavy (non-hydrogen) atoms. The van der Waals surface area contributed by atoms with Crippen LogP contribution in [0.3, 0.4) is 0 Å². The first kappa shape index (κ1) is 10.5. The highest BCUT2D eigenvalue weighted by Gasteiger charge is 2.51. The van der Waals surface area contributed by atoms with Gasteiger partial charge in [-0.2, -0.15) is 0 Å². The number of carbonyl (C=O) groups is 1. The van der Waals surface area contributed by atoms with E-state index in [1.54, 1.807) is 18.3 Å². The van der Waals surface area contributed by atoms with Crippen molar-refractivity contribution in [2.24, 2.45) is 17.4 Å². The minimum absolute atomic E-state index is 0.0769. The van der Waals surface area contributed by atoms with Gasteiger partial charge in [-0.05, 0) is 30.9 Å². The summed E-state index contributed by atoms with van der Waals surface area (Å²) in [5, 5.41) is 0. The Kier molecular flexibility index (Phi) is 2.13.